The lowest BCUT2D eigenvalue weighted by Gasteiger charge is -2.36. The van der Waals surface area contributed by atoms with Crippen molar-refractivity contribution in [3.63, 3.8) is 0 Å². The number of aliphatic carboxylic acids is 1. The quantitative estimate of drug-likeness (QED) is 0.583. The van der Waals surface area contributed by atoms with Crippen LogP contribution in [0.4, 0.5) is 0 Å². The van der Waals surface area contributed by atoms with Crippen LogP contribution in [0.5, 0.6) is 5.75 Å². The molecule has 30 heavy (non-hydrogen) atoms. The minimum absolute atomic E-state index is 0.159. The Balaban J connectivity index is 1.79. The van der Waals surface area contributed by atoms with Gasteiger partial charge >= 0.3 is 5.97 Å². The summed E-state index contributed by atoms with van der Waals surface area (Å²) in [7, 11) is -1.87. The topological polar surface area (TPSA) is 62.7 Å². The van der Waals surface area contributed by atoms with E-state index in [1.807, 2.05) is 6.07 Å². The molecular weight excluding hydrogens is 392 g/mol. The normalized spacial score (nSPS) is 17.8. The van der Waals surface area contributed by atoms with Gasteiger partial charge in [-0.3, -0.25) is 14.7 Å². The Labute approximate surface area is 181 Å². The fourth-order valence-electron chi connectivity index (χ4n) is 3.93. The van der Waals surface area contributed by atoms with Gasteiger partial charge in [-0.05, 0) is 74.7 Å². The number of carboxylic acids is 1. The van der Waals surface area contributed by atoms with Gasteiger partial charge in [0.2, 0.25) is 8.32 Å². The smallest absolute Gasteiger partial charge is 0.306 e. The Hall–Kier alpha value is -1.92. The molecule has 0 radical (unpaired) electrons. The summed E-state index contributed by atoms with van der Waals surface area (Å²) in [5, 5.41) is 10.5. The monoisotopic (exact) mass is 428 g/mol. The van der Waals surface area contributed by atoms with Crippen LogP contribution in [-0.2, 0) is 4.79 Å². The van der Waals surface area contributed by atoms with E-state index in [1.54, 1.807) is 0 Å². The molecule has 1 aromatic heterocycles. The second kappa shape index (κ2) is 8.67. The van der Waals surface area contributed by atoms with Crippen LogP contribution in [0.3, 0.4) is 0 Å². The molecule has 0 aliphatic carbocycles. The van der Waals surface area contributed by atoms with Gasteiger partial charge in [0.05, 0.1) is 23.2 Å². The first-order valence-corrected chi connectivity index (χ1v) is 14.0. The van der Waals surface area contributed by atoms with Crippen LogP contribution in [-0.4, -0.2) is 42.4 Å². The lowest BCUT2D eigenvalue weighted by molar-refractivity contribution is -0.143. The third kappa shape index (κ3) is 4.86. The van der Waals surface area contributed by atoms with E-state index in [9.17, 15) is 9.90 Å². The molecule has 2 heterocycles. The molecule has 1 aliphatic heterocycles. The van der Waals surface area contributed by atoms with Gasteiger partial charge in [0.15, 0.2) is 0 Å². The SMILES string of the molecule is CCC(c1ccc2cc(O[Si](C)(C)C(C)(C)C)ccc2n1)N1CCC(C(=O)O)CC1. The van der Waals surface area contributed by atoms with Crippen molar-refractivity contribution in [2.45, 2.75) is 71.1 Å². The number of carbonyl (C=O) groups is 1. The van der Waals surface area contributed by atoms with Crippen LogP contribution in [0.1, 0.15) is 58.7 Å². The number of rotatable bonds is 6. The summed E-state index contributed by atoms with van der Waals surface area (Å²) in [6.45, 7) is 15.1. The van der Waals surface area contributed by atoms with Crippen molar-refractivity contribution >= 4 is 25.2 Å². The second-order valence-corrected chi connectivity index (χ2v) is 14.8. The van der Waals surface area contributed by atoms with Crippen LogP contribution in [0.25, 0.3) is 10.9 Å². The number of benzene rings is 1. The van der Waals surface area contributed by atoms with E-state index in [1.165, 1.54) is 0 Å². The van der Waals surface area contributed by atoms with Gasteiger partial charge in [-0.1, -0.05) is 33.8 Å². The molecule has 0 amide bonds. The number of piperidine rings is 1. The van der Waals surface area contributed by atoms with Crippen molar-refractivity contribution < 1.29 is 14.3 Å². The first-order chi connectivity index (χ1) is 14.0. The summed E-state index contributed by atoms with van der Waals surface area (Å²) in [4.78, 5) is 18.6. The van der Waals surface area contributed by atoms with E-state index in [0.29, 0.717) is 12.8 Å². The predicted octanol–water partition coefficient (Wildman–Crippen LogP) is 5.87. The number of hydrogen-bond donors (Lipinski definition) is 1. The lowest BCUT2D eigenvalue weighted by atomic mass is 9.94. The molecule has 0 spiro atoms. The van der Waals surface area contributed by atoms with E-state index < -0.39 is 14.3 Å². The maximum absolute atomic E-state index is 11.2. The number of pyridine rings is 1. The highest BCUT2D eigenvalue weighted by molar-refractivity contribution is 6.74. The highest BCUT2D eigenvalue weighted by Gasteiger charge is 2.39. The first kappa shape index (κ1) is 22.8. The minimum Gasteiger partial charge on any atom is -0.543 e. The van der Waals surface area contributed by atoms with E-state index in [-0.39, 0.29) is 17.0 Å². The number of hydrogen-bond acceptors (Lipinski definition) is 4. The zero-order valence-corrected chi connectivity index (χ0v) is 20.2. The predicted molar refractivity (Wildman–Crippen MR) is 125 cm³/mol. The Morgan fingerprint density at radius 2 is 1.90 bits per heavy atom. The van der Waals surface area contributed by atoms with E-state index in [0.717, 1.165) is 41.9 Å². The second-order valence-electron chi connectivity index (χ2n) is 10.0. The van der Waals surface area contributed by atoms with Crippen molar-refractivity contribution in [2.24, 2.45) is 5.92 Å². The number of likely N-dealkylation sites (tertiary alicyclic amines) is 1. The van der Waals surface area contributed by atoms with Crippen LogP contribution >= 0.6 is 0 Å². The van der Waals surface area contributed by atoms with Gasteiger partial charge in [-0.15, -0.1) is 0 Å². The van der Waals surface area contributed by atoms with Gasteiger partial charge in [-0.25, -0.2) is 0 Å². The van der Waals surface area contributed by atoms with Crippen molar-refractivity contribution in [3.8, 4) is 5.75 Å². The fourth-order valence-corrected chi connectivity index (χ4v) is 4.95. The molecule has 1 aromatic carbocycles. The van der Waals surface area contributed by atoms with E-state index >= 15 is 0 Å². The highest BCUT2D eigenvalue weighted by Crippen LogP contribution is 2.38. The molecule has 0 bridgehead atoms. The standard InChI is InChI=1S/C24H36N2O3Si/c1-7-22(26-14-12-17(13-15-26)23(27)28)21-10-8-18-16-19(9-11-20(18)25-21)29-30(5,6)24(2,3)4/h8-11,16-17,22H,7,12-15H2,1-6H3,(H,27,28). The Bertz CT molecular complexity index is 899. The zero-order chi connectivity index (χ0) is 22.1. The van der Waals surface area contributed by atoms with Crippen LogP contribution in [0.2, 0.25) is 18.1 Å². The molecule has 1 saturated heterocycles. The molecule has 1 unspecified atom stereocenters. The fraction of sp³-hybridized carbons (Fsp3) is 0.583. The molecular formula is C24H36N2O3Si. The highest BCUT2D eigenvalue weighted by atomic mass is 28.4. The number of aromatic nitrogens is 1. The van der Waals surface area contributed by atoms with E-state index in [4.69, 9.17) is 9.41 Å². The maximum atomic E-state index is 11.2. The molecule has 0 saturated carbocycles. The van der Waals surface area contributed by atoms with Gasteiger partial charge < -0.3 is 9.53 Å². The Morgan fingerprint density at radius 1 is 1.23 bits per heavy atom. The summed E-state index contributed by atoms with van der Waals surface area (Å²) in [5.41, 5.74) is 2.05. The molecule has 6 heteroatoms. The van der Waals surface area contributed by atoms with Gasteiger partial charge in [-0.2, -0.15) is 0 Å². The van der Waals surface area contributed by atoms with Crippen LogP contribution in [0.15, 0.2) is 30.3 Å². The molecule has 1 atom stereocenters. The summed E-state index contributed by atoms with van der Waals surface area (Å²) >= 11 is 0. The largest absolute Gasteiger partial charge is 0.543 e. The summed E-state index contributed by atoms with van der Waals surface area (Å²) in [5.74, 6) is 0.0521. The molecule has 1 N–H and O–H groups in total. The zero-order valence-electron chi connectivity index (χ0n) is 19.2. The third-order valence-electron chi connectivity index (χ3n) is 6.91. The Kier molecular flexibility index (Phi) is 6.58. The number of fused-ring (bicyclic) bond motifs is 1. The van der Waals surface area contributed by atoms with Crippen LogP contribution in [0, 0.1) is 5.92 Å². The van der Waals surface area contributed by atoms with Gasteiger partial charge in [0.25, 0.3) is 0 Å². The van der Waals surface area contributed by atoms with Gasteiger partial charge in [0.1, 0.15) is 5.75 Å². The molecule has 164 valence electrons. The molecule has 2 aromatic rings. The van der Waals surface area contributed by atoms with Crippen molar-refractivity contribution in [1.29, 1.82) is 0 Å². The van der Waals surface area contributed by atoms with Crippen molar-refractivity contribution in [3.05, 3.63) is 36.0 Å². The first-order valence-electron chi connectivity index (χ1n) is 11.1. The summed E-state index contributed by atoms with van der Waals surface area (Å²) in [6.07, 6.45) is 2.39. The average molecular weight is 429 g/mol. The maximum Gasteiger partial charge on any atom is 0.306 e. The minimum atomic E-state index is -1.87. The summed E-state index contributed by atoms with van der Waals surface area (Å²) in [6, 6.07) is 10.7. The molecule has 3 rings (SSSR count). The Morgan fingerprint density at radius 3 is 2.47 bits per heavy atom. The third-order valence-corrected chi connectivity index (χ3v) is 11.3. The van der Waals surface area contributed by atoms with E-state index in [2.05, 4.69) is 70.0 Å². The lowest BCUT2D eigenvalue weighted by Crippen LogP contribution is -2.43. The molecule has 5 nitrogen and oxygen atoms in total. The number of nitrogens with zero attached hydrogens (tertiary/aromatic N) is 2. The molecule has 1 fully saturated rings. The van der Waals surface area contributed by atoms with Gasteiger partial charge in [0, 0.05) is 5.39 Å². The van der Waals surface area contributed by atoms with Crippen LogP contribution < -0.4 is 4.43 Å². The van der Waals surface area contributed by atoms with Crippen molar-refractivity contribution in [2.75, 3.05) is 13.1 Å². The number of carboxylic acid groups (broad SMARTS) is 1. The molecule has 1 aliphatic rings. The summed E-state index contributed by atoms with van der Waals surface area (Å²) < 4.78 is 6.45. The average Bonchev–Trinajstić information content (AvgIpc) is 2.68. The van der Waals surface area contributed by atoms with Crippen molar-refractivity contribution in [1.82, 2.24) is 9.88 Å².